The highest BCUT2D eigenvalue weighted by atomic mass is 16.1. The molecule has 2 aromatic carbocycles. The molecule has 0 aliphatic rings. The topological polar surface area (TPSA) is 55.1 Å². The Morgan fingerprint density at radius 2 is 1.74 bits per heavy atom. The van der Waals surface area contributed by atoms with Crippen molar-refractivity contribution in [2.24, 2.45) is 0 Å². The summed E-state index contributed by atoms with van der Waals surface area (Å²) >= 11 is 0. The highest BCUT2D eigenvalue weighted by Gasteiger charge is 2.03. The number of hydrogen-bond acceptors (Lipinski definition) is 2. The Labute approximate surface area is 113 Å². The molecule has 3 nitrogen and oxygen atoms in total. The third-order valence-corrected chi connectivity index (χ3v) is 2.89. The Bertz CT molecular complexity index is 537. The Hall–Kier alpha value is -2.29. The maximum atomic E-state index is 11.8. The van der Waals surface area contributed by atoms with Crippen LogP contribution in [0.4, 0.5) is 5.69 Å². The predicted octanol–water partition coefficient (Wildman–Crippen LogP) is 2.17. The van der Waals surface area contributed by atoms with Crippen LogP contribution >= 0.6 is 0 Å². The highest BCUT2D eigenvalue weighted by Crippen LogP contribution is 2.07. The van der Waals surface area contributed by atoms with Crippen molar-refractivity contribution < 1.29 is 4.79 Å². The number of benzene rings is 2. The van der Waals surface area contributed by atoms with Gasteiger partial charge in [-0.3, -0.25) is 4.79 Å². The molecule has 2 aromatic rings. The summed E-state index contributed by atoms with van der Waals surface area (Å²) < 4.78 is 0. The van der Waals surface area contributed by atoms with E-state index < -0.39 is 0 Å². The fourth-order valence-electron chi connectivity index (χ4n) is 1.94. The zero-order chi connectivity index (χ0) is 13.5. The lowest BCUT2D eigenvalue weighted by Gasteiger charge is -2.06. The van der Waals surface area contributed by atoms with Crippen LogP contribution in [0.25, 0.3) is 0 Å². The van der Waals surface area contributed by atoms with Crippen molar-refractivity contribution in [3.8, 4) is 0 Å². The van der Waals surface area contributed by atoms with Gasteiger partial charge in [-0.05, 0) is 29.7 Å². The number of nitrogen functional groups attached to an aromatic ring is 1. The van der Waals surface area contributed by atoms with Crippen LogP contribution < -0.4 is 11.1 Å². The lowest BCUT2D eigenvalue weighted by Crippen LogP contribution is -2.27. The largest absolute Gasteiger partial charge is 0.399 e. The van der Waals surface area contributed by atoms with E-state index in [1.807, 2.05) is 42.5 Å². The number of nitrogens with one attached hydrogen (secondary N) is 1. The van der Waals surface area contributed by atoms with Gasteiger partial charge in [-0.1, -0.05) is 42.5 Å². The van der Waals surface area contributed by atoms with Crippen molar-refractivity contribution in [3.63, 3.8) is 0 Å². The van der Waals surface area contributed by atoms with Gasteiger partial charge in [0.15, 0.2) is 0 Å². The fraction of sp³-hybridized carbons (Fsp3) is 0.188. The van der Waals surface area contributed by atoms with Gasteiger partial charge in [-0.25, -0.2) is 0 Å². The predicted molar refractivity (Wildman–Crippen MR) is 77.7 cm³/mol. The quantitative estimate of drug-likeness (QED) is 0.803. The minimum atomic E-state index is 0.0292. The molecule has 1 amide bonds. The highest BCUT2D eigenvalue weighted by molar-refractivity contribution is 5.78. The van der Waals surface area contributed by atoms with Gasteiger partial charge in [0.1, 0.15) is 0 Å². The molecule has 0 radical (unpaired) electrons. The van der Waals surface area contributed by atoms with Gasteiger partial charge in [-0.15, -0.1) is 0 Å². The summed E-state index contributed by atoms with van der Waals surface area (Å²) in [5.74, 6) is 0.0292. The normalized spacial score (nSPS) is 10.1. The second kappa shape index (κ2) is 6.59. The van der Waals surface area contributed by atoms with Crippen molar-refractivity contribution >= 4 is 11.6 Å². The zero-order valence-electron chi connectivity index (χ0n) is 10.8. The summed E-state index contributed by atoms with van der Waals surface area (Å²) in [6.07, 6.45) is 1.23. The van der Waals surface area contributed by atoms with Crippen molar-refractivity contribution in [1.82, 2.24) is 5.32 Å². The average molecular weight is 254 g/mol. The van der Waals surface area contributed by atoms with Gasteiger partial charge in [0.25, 0.3) is 0 Å². The van der Waals surface area contributed by atoms with E-state index in [-0.39, 0.29) is 5.91 Å². The Morgan fingerprint density at radius 1 is 1.00 bits per heavy atom. The maximum Gasteiger partial charge on any atom is 0.224 e. The molecule has 0 saturated carbocycles. The van der Waals surface area contributed by atoms with E-state index in [2.05, 4.69) is 17.4 Å². The molecule has 0 unspecified atom stereocenters. The van der Waals surface area contributed by atoms with Crippen molar-refractivity contribution in [2.45, 2.75) is 12.8 Å². The summed E-state index contributed by atoms with van der Waals surface area (Å²) in [7, 11) is 0. The summed E-state index contributed by atoms with van der Waals surface area (Å²) in [4.78, 5) is 11.8. The van der Waals surface area contributed by atoms with E-state index in [4.69, 9.17) is 5.73 Å². The molecular formula is C16H18N2O. The van der Waals surface area contributed by atoms with Crippen LogP contribution in [0.15, 0.2) is 54.6 Å². The zero-order valence-corrected chi connectivity index (χ0v) is 10.8. The summed E-state index contributed by atoms with van der Waals surface area (Å²) in [6.45, 7) is 0.658. The van der Waals surface area contributed by atoms with Gasteiger partial charge in [0, 0.05) is 12.2 Å². The molecule has 0 aliphatic carbocycles. The number of hydrogen-bond donors (Lipinski definition) is 2. The number of carbonyl (C=O) groups is 1. The van der Waals surface area contributed by atoms with E-state index in [9.17, 15) is 4.79 Å². The van der Waals surface area contributed by atoms with Crippen LogP contribution in [0.1, 0.15) is 11.1 Å². The molecule has 0 heterocycles. The van der Waals surface area contributed by atoms with Crippen LogP contribution in [0.2, 0.25) is 0 Å². The van der Waals surface area contributed by atoms with Gasteiger partial charge in [0.2, 0.25) is 5.91 Å². The van der Waals surface area contributed by atoms with Gasteiger partial charge >= 0.3 is 0 Å². The molecule has 0 atom stereocenters. The third-order valence-electron chi connectivity index (χ3n) is 2.89. The van der Waals surface area contributed by atoms with Gasteiger partial charge in [-0.2, -0.15) is 0 Å². The first-order valence-electron chi connectivity index (χ1n) is 6.39. The standard InChI is InChI=1S/C16H18N2O/c17-15-8-4-7-14(11-15)12-16(19)18-10-9-13-5-2-1-3-6-13/h1-8,11H,9-10,12,17H2,(H,18,19). The van der Waals surface area contributed by atoms with Gasteiger partial charge < -0.3 is 11.1 Å². The van der Waals surface area contributed by atoms with Crippen molar-refractivity contribution in [2.75, 3.05) is 12.3 Å². The van der Waals surface area contributed by atoms with Crippen molar-refractivity contribution in [1.29, 1.82) is 0 Å². The summed E-state index contributed by atoms with van der Waals surface area (Å²) in [5, 5.41) is 2.92. The van der Waals surface area contributed by atoms with Gasteiger partial charge in [0.05, 0.1) is 6.42 Å². The first kappa shape index (κ1) is 13.1. The number of nitrogens with two attached hydrogens (primary N) is 1. The maximum absolute atomic E-state index is 11.8. The second-order valence-corrected chi connectivity index (χ2v) is 4.51. The van der Waals surface area contributed by atoms with E-state index in [0.29, 0.717) is 18.7 Å². The summed E-state index contributed by atoms with van der Waals surface area (Å²) in [6, 6.07) is 17.5. The number of anilines is 1. The molecular weight excluding hydrogens is 236 g/mol. The van der Waals surface area contributed by atoms with Crippen LogP contribution in [-0.4, -0.2) is 12.5 Å². The SMILES string of the molecule is Nc1cccc(CC(=O)NCCc2ccccc2)c1. The molecule has 0 aromatic heterocycles. The monoisotopic (exact) mass is 254 g/mol. The second-order valence-electron chi connectivity index (χ2n) is 4.51. The van der Waals surface area contributed by atoms with Crippen LogP contribution in [0, 0.1) is 0 Å². The number of rotatable bonds is 5. The van der Waals surface area contributed by atoms with Crippen molar-refractivity contribution in [3.05, 3.63) is 65.7 Å². The first-order chi connectivity index (χ1) is 9.24. The molecule has 0 bridgehead atoms. The molecule has 3 heteroatoms. The van der Waals surface area contributed by atoms with E-state index in [1.165, 1.54) is 5.56 Å². The first-order valence-corrected chi connectivity index (χ1v) is 6.39. The smallest absolute Gasteiger partial charge is 0.224 e. The summed E-state index contributed by atoms with van der Waals surface area (Å²) in [5.41, 5.74) is 8.54. The fourth-order valence-corrected chi connectivity index (χ4v) is 1.94. The minimum Gasteiger partial charge on any atom is -0.399 e. The molecule has 0 spiro atoms. The third kappa shape index (κ3) is 4.47. The average Bonchev–Trinajstić information content (AvgIpc) is 2.40. The molecule has 98 valence electrons. The Balaban J connectivity index is 1.76. The number of carbonyl (C=O) groups excluding carboxylic acids is 1. The lowest BCUT2D eigenvalue weighted by molar-refractivity contribution is -0.120. The van der Waals surface area contributed by atoms with Crippen LogP contribution in [-0.2, 0) is 17.6 Å². The molecule has 3 N–H and O–H groups in total. The number of amides is 1. The van der Waals surface area contributed by atoms with E-state index >= 15 is 0 Å². The molecule has 2 rings (SSSR count). The minimum absolute atomic E-state index is 0.0292. The molecule has 0 saturated heterocycles. The molecule has 19 heavy (non-hydrogen) atoms. The van der Waals surface area contributed by atoms with Crippen LogP contribution in [0.3, 0.4) is 0 Å². The molecule has 0 fully saturated rings. The van der Waals surface area contributed by atoms with E-state index in [0.717, 1.165) is 12.0 Å². The van der Waals surface area contributed by atoms with E-state index in [1.54, 1.807) is 0 Å². The molecule has 0 aliphatic heterocycles. The Kier molecular flexibility index (Phi) is 4.56. The lowest BCUT2D eigenvalue weighted by atomic mass is 10.1. The van der Waals surface area contributed by atoms with Crippen LogP contribution in [0.5, 0.6) is 0 Å². The Morgan fingerprint density at radius 3 is 2.47 bits per heavy atom.